The molecule has 0 aliphatic rings. The van der Waals surface area contributed by atoms with Crippen LogP contribution >= 0.6 is 46.4 Å². The third kappa shape index (κ3) is 7.11. The van der Waals surface area contributed by atoms with Crippen LogP contribution in [0.25, 0.3) is 5.57 Å². The van der Waals surface area contributed by atoms with Crippen molar-refractivity contribution in [3.63, 3.8) is 0 Å². The number of carbonyl (C=O) groups is 2. The van der Waals surface area contributed by atoms with Crippen LogP contribution in [-0.2, 0) is 9.53 Å². The second-order valence-electron chi connectivity index (χ2n) is 6.40. The molecular formula is C21H15Cl4F3N2O3. The summed E-state index contributed by atoms with van der Waals surface area (Å²) in [5.74, 6) is -1.65. The van der Waals surface area contributed by atoms with Gasteiger partial charge in [0, 0.05) is 5.56 Å². The molecule has 0 atom stereocenters. The van der Waals surface area contributed by atoms with Gasteiger partial charge in [-0.3, -0.25) is 10.2 Å². The van der Waals surface area contributed by atoms with Crippen molar-refractivity contribution in [2.24, 2.45) is 5.10 Å². The van der Waals surface area contributed by atoms with Crippen LogP contribution in [0.4, 0.5) is 18.9 Å². The molecule has 2 rings (SSSR count). The number of ketones is 1. The summed E-state index contributed by atoms with van der Waals surface area (Å²) in [6.45, 7) is 3.15. The molecule has 0 fully saturated rings. The van der Waals surface area contributed by atoms with E-state index in [2.05, 4.69) is 10.5 Å². The predicted octanol–water partition coefficient (Wildman–Crippen LogP) is 7.48. The molecule has 0 radical (unpaired) electrons. The first-order valence-corrected chi connectivity index (χ1v) is 10.6. The van der Waals surface area contributed by atoms with E-state index in [0.29, 0.717) is 6.08 Å². The molecule has 33 heavy (non-hydrogen) atoms. The standard InChI is InChI=1S/C21H15Cl4F3N2O3/c1-3-33-20(32)10(2)29-30-17-8-11(4-5-14(17)22)18(31)9-13(21(26,27)28)12-6-15(23)19(25)16(24)7-12/h4-9,30H,3H2,1-2H3. The fourth-order valence-corrected chi connectivity index (χ4v) is 3.20. The Morgan fingerprint density at radius 1 is 1.03 bits per heavy atom. The summed E-state index contributed by atoms with van der Waals surface area (Å²) in [7, 11) is 0. The van der Waals surface area contributed by atoms with E-state index in [0.717, 1.165) is 12.1 Å². The van der Waals surface area contributed by atoms with Gasteiger partial charge in [0.15, 0.2) is 5.78 Å². The van der Waals surface area contributed by atoms with Crippen molar-refractivity contribution in [3.8, 4) is 0 Å². The first-order valence-electron chi connectivity index (χ1n) is 9.10. The largest absolute Gasteiger partial charge is 0.461 e. The van der Waals surface area contributed by atoms with Gasteiger partial charge in [0.2, 0.25) is 0 Å². The summed E-state index contributed by atoms with van der Waals surface area (Å²) in [5.41, 5.74) is 0.726. The van der Waals surface area contributed by atoms with Crippen molar-refractivity contribution in [1.82, 2.24) is 0 Å². The number of nitrogens with zero attached hydrogens (tertiary/aromatic N) is 1. The Hall–Kier alpha value is -2.26. The van der Waals surface area contributed by atoms with E-state index < -0.39 is 29.1 Å². The lowest BCUT2D eigenvalue weighted by molar-refractivity contribution is -0.135. The van der Waals surface area contributed by atoms with E-state index in [9.17, 15) is 22.8 Å². The third-order valence-electron chi connectivity index (χ3n) is 4.04. The Morgan fingerprint density at radius 2 is 1.64 bits per heavy atom. The second-order valence-corrected chi connectivity index (χ2v) is 8.00. The topological polar surface area (TPSA) is 67.8 Å². The van der Waals surface area contributed by atoms with Gasteiger partial charge in [-0.15, -0.1) is 0 Å². The molecule has 0 aromatic heterocycles. The normalized spacial score (nSPS) is 12.5. The first-order chi connectivity index (χ1) is 15.3. The monoisotopic (exact) mass is 540 g/mol. The molecule has 0 unspecified atom stereocenters. The third-order valence-corrected chi connectivity index (χ3v) is 5.57. The van der Waals surface area contributed by atoms with E-state index >= 15 is 0 Å². The summed E-state index contributed by atoms with van der Waals surface area (Å²) in [4.78, 5) is 24.3. The molecule has 0 bridgehead atoms. The number of rotatable bonds is 7. The number of ether oxygens (including phenoxy) is 1. The van der Waals surface area contributed by atoms with Crippen LogP contribution in [0.15, 0.2) is 41.5 Å². The summed E-state index contributed by atoms with van der Waals surface area (Å²) in [6, 6.07) is 5.65. The highest BCUT2D eigenvalue weighted by atomic mass is 35.5. The lowest BCUT2D eigenvalue weighted by atomic mass is 10.0. The molecule has 5 nitrogen and oxygen atoms in total. The number of nitrogens with one attached hydrogen (secondary N) is 1. The van der Waals surface area contributed by atoms with Crippen molar-refractivity contribution in [1.29, 1.82) is 0 Å². The zero-order valence-corrected chi connectivity index (χ0v) is 20.0. The summed E-state index contributed by atoms with van der Waals surface area (Å²) in [6.07, 6.45) is -4.49. The molecule has 0 aliphatic heterocycles. The molecule has 176 valence electrons. The average molecular weight is 542 g/mol. The molecule has 0 heterocycles. The summed E-state index contributed by atoms with van der Waals surface area (Å²) >= 11 is 23.5. The maximum absolute atomic E-state index is 13.7. The van der Waals surface area contributed by atoms with Gasteiger partial charge in [-0.05, 0) is 55.8 Å². The lowest BCUT2D eigenvalue weighted by Crippen LogP contribution is -2.15. The molecule has 2 aromatic carbocycles. The fraction of sp³-hybridized carbons (Fsp3) is 0.190. The number of allylic oxidation sites excluding steroid dienone is 2. The SMILES string of the molecule is CCOC(=O)C(C)=NNc1cc(C(=O)C=C(c2cc(Cl)c(Cl)c(Cl)c2)C(F)(F)F)ccc1Cl. The predicted molar refractivity (Wildman–Crippen MR) is 125 cm³/mol. The molecule has 1 N–H and O–H groups in total. The highest BCUT2D eigenvalue weighted by Crippen LogP contribution is 2.39. The molecule has 0 spiro atoms. The Labute approximate surface area is 207 Å². The maximum Gasteiger partial charge on any atom is 0.417 e. The quantitative estimate of drug-likeness (QED) is 0.0985. The van der Waals surface area contributed by atoms with Crippen LogP contribution in [0.1, 0.15) is 29.8 Å². The number of benzene rings is 2. The number of esters is 1. The van der Waals surface area contributed by atoms with E-state index in [1.165, 1.54) is 25.1 Å². The van der Waals surface area contributed by atoms with Gasteiger partial charge < -0.3 is 4.74 Å². The van der Waals surface area contributed by atoms with Crippen molar-refractivity contribution < 1.29 is 27.5 Å². The number of hydrogen-bond acceptors (Lipinski definition) is 5. The van der Waals surface area contributed by atoms with Gasteiger partial charge in [-0.1, -0.05) is 46.4 Å². The van der Waals surface area contributed by atoms with Crippen LogP contribution in [0.2, 0.25) is 20.1 Å². The summed E-state index contributed by atoms with van der Waals surface area (Å²) in [5, 5.41) is 3.41. The molecule has 0 saturated carbocycles. The van der Waals surface area contributed by atoms with Crippen LogP contribution < -0.4 is 5.43 Å². The van der Waals surface area contributed by atoms with E-state index in [1.807, 2.05) is 0 Å². The van der Waals surface area contributed by atoms with Crippen LogP contribution in [0.5, 0.6) is 0 Å². The second kappa shape index (κ2) is 11.2. The molecule has 12 heteroatoms. The van der Waals surface area contributed by atoms with Crippen molar-refractivity contribution in [2.75, 3.05) is 12.0 Å². The zero-order chi connectivity index (χ0) is 24.9. The maximum atomic E-state index is 13.7. The van der Waals surface area contributed by atoms with Crippen LogP contribution in [-0.4, -0.2) is 30.2 Å². The number of anilines is 1. The highest BCUT2D eigenvalue weighted by Gasteiger charge is 2.36. The van der Waals surface area contributed by atoms with Crippen molar-refractivity contribution in [2.45, 2.75) is 20.0 Å². The van der Waals surface area contributed by atoms with E-state index in [1.54, 1.807) is 6.92 Å². The van der Waals surface area contributed by atoms with Gasteiger partial charge >= 0.3 is 12.1 Å². The van der Waals surface area contributed by atoms with Gasteiger partial charge in [-0.25, -0.2) is 4.79 Å². The van der Waals surface area contributed by atoms with Crippen LogP contribution in [0.3, 0.4) is 0 Å². The highest BCUT2D eigenvalue weighted by molar-refractivity contribution is 6.48. The van der Waals surface area contributed by atoms with Gasteiger partial charge in [-0.2, -0.15) is 18.3 Å². The van der Waals surface area contributed by atoms with Crippen molar-refractivity contribution in [3.05, 3.63) is 67.6 Å². The molecule has 0 amide bonds. The number of alkyl halides is 3. The lowest BCUT2D eigenvalue weighted by Gasteiger charge is -2.14. The van der Waals surface area contributed by atoms with E-state index in [-0.39, 0.29) is 43.7 Å². The van der Waals surface area contributed by atoms with Gasteiger partial charge in [0.05, 0.1) is 38.0 Å². The van der Waals surface area contributed by atoms with Crippen molar-refractivity contribution >= 4 is 75.1 Å². The van der Waals surface area contributed by atoms with E-state index in [4.69, 9.17) is 51.1 Å². The van der Waals surface area contributed by atoms with Gasteiger partial charge in [0.1, 0.15) is 5.71 Å². The minimum absolute atomic E-state index is 0.0274. The summed E-state index contributed by atoms with van der Waals surface area (Å²) < 4.78 is 45.9. The molecule has 0 aliphatic carbocycles. The molecule has 2 aromatic rings. The number of hydrogen-bond donors (Lipinski definition) is 1. The Balaban J connectivity index is 2.43. The minimum atomic E-state index is -4.90. The first kappa shape index (κ1) is 27.0. The number of halogens is 7. The average Bonchev–Trinajstić information content (AvgIpc) is 2.73. The molecule has 0 saturated heterocycles. The van der Waals surface area contributed by atoms with Crippen LogP contribution in [0, 0.1) is 0 Å². The number of hydrazone groups is 1. The number of carbonyl (C=O) groups excluding carboxylic acids is 2. The Kier molecular flexibility index (Phi) is 9.20. The Bertz CT molecular complexity index is 1130. The smallest absolute Gasteiger partial charge is 0.417 e. The Morgan fingerprint density at radius 3 is 2.18 bits per heavy atom. The van der Waals surface area contributed by atoms with Gasteiger partial charge in [0.25, 0.3) is 0 Å². The molecular weight excluding hydrogens is 527 g/mol. The minimum Gasteiger partial charge on any atom is -0.461 e. The zero-order valence-electron chi connectivity index (χ0n) is 17.0. The fourth-order valence-electron chi connectivity index (χ4n) is 2.44.